The maximum Gasteiger partial charge on any atom is 0.167 e. The van der Waals surface area contributed by atoms with Crippen LogP contribution in [0.1, 0.15) is 35.4 Å². The minimum Gasteiger partial charge on any atom is -0.307 e. The van der Waals surface area contributed by atoms with Crippen molar-refractivity contribution in [3.63, 3.8) is 0 Å². The summed E-state index contributed by atoms with van der Waals surface area (Å²) in [6.07, 6.45) is 3.23. The predicted octanol–water partition coefficient (Wildman–Crippen LogP) is 1.88. The van der Waals surface area contributed by atoms with Gasteiger partial charge in [0.25, 0.3) is 0 Å². The van der Waals surface area contributed by atoms with E-state index in [-0.39, 0.29) is 0 Å². The van der Waals surface area contributed by atoms with Crippen LogP contribution < -0.4 is 5.32 Å². The summed E-state index contributed by atoms with van der Waals surface area (Å²) < 4.78 is 0. The molecule has 2 aromatic heterocycles. The van der Waals surface area contributed by atoms with Crippen LogP contribution in [0.2, 0.25) is 0 Å². The predicted molar refractivity (Wildman–Crippen MR) is 63.5 cm³/mol. The highest BCUT2D eigenvalue weighted by Crippen LogP contribution is 2.20. The normalized spacial score (nSPS) is 20.4. The van der Waals surface area contributed by atoms with E-state index in [1.165, 1.54) is 11.3 Å². The molecule has 1 saturated heterocycles. The van der Waals surface area contributed by atoms with E-state index in [9.17, 15) is 0 Å². The molecule has 1 aliphatic heterocycles. The SMILES string of the molecule is c1csc(Cc2nc(C3CCCN3)n[nH]2)c1. The summed E-state index contributed by atoms with van der Waals surface area (Å²) in [6, 6.07) is 4.55. The summed E-state index contributed by atoms with van der Waals surface area (Å²) in [7, 11) is 0. The Hall–Kier alpha value is -1.20. The van der Waals surface area contributed by atoms with Crippen molar-refractivity contribution in [2.24, 2.45) is 0 Å². The van der Waals surface area contributed by atoms with Gasteiger partial charge < -0.3 is 5.32 Å². The molecule has 0 radical (unpaired) electrons. The smallest absolute Gasteiger partial charge is 0.167 e. The number of H-pyrrole nitrogens is 1. The largest absolute Gasteiger partial charge is 0.307 e. The van der Waals surface area contributed by atoms with E-state index in [0.29, 0.717) is 6.04 Å². The summed E-state index contributed by atoms with van der Waals surface area (Å²) in [4.78, 5) is 5.87. The fraction of sp³-hybridized carbons (Fsp3) is 0.455. The van der Waals surface area contributed by atoms with Crippen LogP contribution in [-0.2, 0) is 6.42 Å². The Balaban J connectivity index is 1.72. The van der Waals surface area contributed by atoms with Gasteiger partial charge in [0.2, 0.25) is 0 Å². The van der Waals surface area contributed by atoms with E-state index in [4.69, 9.17) is 0 Å². The van der Waals surface area contributed by atoms with Crippen molar-refractivity contribution >= 4 is 11.3 Å². The molecule has 0 bridgehead atoms. The first-order valence-electron chi connectivity index (χ1n) is 5.59. The fourth-order valence-corrected chi connectivity index (χ4v) is 2.74. The van der Waals surface area contributed by atoms with Gasteiger partial charge in [0.1, 0.15) is 5.82 Å². The lowest BCUT2D eigenvalue weighted by Gasteiger charge is -2.02. The summed E-state index contributed by atoms with van der Waals surface area (Å²) in [5.74, 6) is 1.88. The number of nitrogens with one attached hydrogen (secondary N) is 2. The Morgan fingerprint density at radius 1 is 1.50 bits per heavy atom. The maximum atomic E-state index is 4.54. The lowest BCUT2D eigenvalue weighted by atomic mass is 10.2. The molecule has 0 aliphatic carbocycles. The molecule has 84 valence electrons. The van der Waals surface area contributed by atoms with E-state index in [0.717, 1.165) is 31.0 Å². The summed E-state index contributed by atoms with van der Waals surface area (Å²) in [5, 5.41) is 12.8. The van der Waals surface area contributed by atoms with Crippen LogP contribution in [-0.4, -0.2) is 21.7 Å². The topological polar surface area (TPSA) is 53.6 Å². The van der Waals surface area contributed by atoms with Crippen LogP contribution in [0, 0.1) is 0 Å². The number of hydrogen-bond acceptors (Lipinski definition) is 4. The van der Waals surface area contributed by atoms with Gasteiger partial charge in [0.05, 0.1) is 6.04 Å². The summed E-state index contributed by atoms with van der Waals surface area (Å²) in [5.41, 5.74) is 0. The Morgan fingerprint density at radius 3 is 3.25 bits per heavy atom. The lowest BCUT2D eigenvalue weighted by molar-refractivity contribution is 0.607. The summed E-state index contributed by atoms with van der Waals surface area (Å²) in [6.45, 7) is 1.08. The Morgan fingerprint density at radius 2 is 2.50 bits per heavy atom. The molecular formula is C11H14N4S. The first-order valence-corrected chi connectivity index (χ1v) is 6.47. The highest BCUT2D eigenvalue weighted by atomic mass is 32.1. The zero-order valence-corrected chi connectivity index (χ0v) is 9.76. The Bertz CT molecular complexity index is 442. The first kappa shape index (κ1) is 9.99. The van der Waals surface area contributed by atoms with Crippen molar-refractivity contribution in [3.8, 4) is 0 Å². The average molecular weight is 234 g/mol. The maximum absolute atomic E-state index is 4.54. The Labute approximate surface area is 98.1 Å². The minimum absolute atomic E-state index is 0.355. The molecule has 2 aromatic rings. The van der Waals surface area contributed by atoms with Gasteiger partial charge in [0.15, 0.2) is 5.82 Å². The molecule has 5 heteroatoms. The third-order valence-electron chi connectivity index (χ3n) is 2.84. The molecule has 0 spiro atoms. The molecule has 2 N–H and O–H groups in total. The lowest BCUT2D eigenvalue weighted by Crippen LogP contribution is -2.14. The van der Waals surface area contributed by atoms with Gasteiger partial charge >= 0.3 is 0 Å². The van der Waals surface area contributed by atoms with Crippen molar-refractivity contribution in [2.45, 2.75) is 25.3 Å². The molecule has 3 rings (SSSR count). The van der Waals surface area contributed by atoms with Crippen molar-refractivity contribution in [2.75, 3.05) is 6.54 Å². The number of rotatable bonds is 3. The molecular weight excluding hydrogens is 220 g/mol. The highest BCUT2D eigenvalue weighted by molar-refractivity contribution is 7.09. The van der Waals surface area contributed by atoms with Gasteiger partial charge in [0, 0.05) is 11.3 Å². The van der Waals surface area contributed by atoms with Crippen LogP contribution in [0.5, 0.6) is 0 Å². The molecule has 1 fully saturated rings. The molecule has 1 unspecified atom stereocenters. The molecule has 0 saturated carbocycles. The van der Waals surface area contributed by atoms with Crippen LogP contribution in [0.3, 0.4) is 0 Å². The van der Waals surface area contributed by atoms with Gasteiger partial charge in [-0.05, 0) is 30.8 Å². The monoisotopic (exact) mass is 234 g/mol. The van der Waals surface area contributed by atoms with E-state index in [2.05, 4.69) is 38.0 Å². The van der Waals surface area contributed by atoms with Gasteiger partial charge in [-0.25, -0.2) is 4.98 Å². The average Bonchev–Trinajstić information content (AvgIpc) is 2.99. The minimum atomic E-state index is 0.355. The number of hydrogen-bond donors (Lipinski definition) is 2. The Kier molecular flexibility index (Phi) is 2.71. The zero-order valence-electron chi connectivity index (χ0n) is 8.94. The molecule has 1 aliphatic rings. The van der Waals surface area contributed by atoms with Gasteiger partial charge in [-0.15, -0.1) is 11.3 Å². The van der Waals surface area contributed by atoms with Gasteiger partial charge in [-0.3, -0.25) is 5.10 Å². The molecule has 3 heterocycles. The first-order chi connectivity index (χ1) is 7.92. The van der Waals surface area contributed by atoms with E-state index >= 15 is 0 Å². The second kappa shape index (κ2) is 4.35. The van der Waals surface area contributed by atoms with E-state index < -0.39 is 0 Å². The third-order valence-corrected chi connectivity index (χ3v) is 3.72. The zero-order chi connectivity index (χ0) is 10.8. The number of aromatic nitrogens is 3. The van der Waals surface area contributed by atoms with Crippen molar-refractivity contribution < 1.29 is 0 Å². The number of nitrogens with zero attached hydrogens (tertiary/aromatic N) is 2. The molecule has 1 atom stereocenters. The van der Waals surface area contributed by atoms with Crippen molar-refractivity contribution in [1.29, 1.82) is 0 Å². The number of thiophene rings is 1. The second-order valence-corrected chi connectivity index (χ2v) is 5.08. The van der Waals surface area contributed by atoms with Gasteiger partial charge in [-0.1, -0.05) is 6.07 Å². The molecule has 0 amide bonds. The molecule has 4 nitrogen and oxygen atoms in total. The van der Waals surface area contributed by atoms with Crippen LogP contribution in [0.25, 0.3) is 0 Å². The second-order valence-electron chi connectivity index (χ2n) is 4.05. The van der Waals surface area contributed by atoms with Crippen molar-refractivity contribution in [3.05, 3.63) is 34.0 Å². The standard InChI is InChI=1S/C11H14N4S/c1-4-9(12-5-1)11-13-10(14-15-11)7-8-3-2-6-16-8/h2-3,6,9,12H,1,4-5,7H2,(H,13,14,15). The highest BCUT2D eigenvalue weighted by Gasteiger charge is 2.20. The quantitative estimate of drug-likeness (QED) is 0.852. The molecule has 0 aromatic carbocycles. The van der Waals surface area contributed by atoms with Crippen molar-refractivity contribution in [1.82, 2.24) is 20.5 Å². The third kappa shape index (κ3) is 2.01. The van der Waals surface area contributed by atoms with Crippen LogP contribution in [0.15, 0.2) is 17.5 Å². The van der Waals surface area contributed by atoms with Crippen LogP contribution in [0.4, 0.5) is 0 Å². The number of aromatic amines is 1. The molecule has 16 heavy (non-hydrogen) atoms. The van der Waals surface area contributed by atoms with Gasteiger partial charge in [-0.2, -0.15) is 5.10 Å². The van der Waals surface area contributed by atoms with E-state index in [1.807, 2.05) is 0 Å². The van der Waals surface area contributed by atoms with E-state index in [1.54, 1.807) is 11.3 Å². The van der Waals surface area contributed by atoms with Crippen LogP contribution >= 0.6 is 11.3 Å². The fourth-order valence-electron chi connectivity index (χ4n) is 2.03. The summed E-state index contributed by atoms with van der Waals surface area (Å²) >= 11 is 1.76.